The van der Waals surface area contributed by atoms with Crippen molar-refractivity contribution in [2.75, 3.05) is 5.73 Å². The molecule has 0 spiro atoms. The topological polar surface area (TPSA) is 102 Å². The molecule has 0 fully saturated rings. The summed E-state index contributed by atoms with van der Waals surface area (Å²) < 4.78 is 1.66. The summed E-state index contributed by atoms with van der Waals surface area (Å²) in [6.45, 7) is 19.7. The molecule has 0 aliphatic rings. The number of nitrogens with zero attached hydrogens (tertiary/aromatic N) is 6. The van der Waals surface area contributed by atoms with Gasteiger partial charge in [-0.15, -0.1) is 10.2 Å². The van der Waals surface area contributed by atoms with Gasteiger partial charge in [0.05, 0.1) is 23.6 Å². The molecule has 0 saturated heterocycles. The van der Waals surface area contributed by atoms with Crippen LogP contribution in [0, 0.1) is 6.57 Å². The van der Waals surface area contributed by atoms with Crippen LogP contribution in [0.4, 0.5) is 23.0 Å². The Hall–Kier alpha value is -3.47. The van der Waals surface area contributed by atoms with Crippen molar-refractivity contribution in [2.45, 2.75) is 52.4 Å². The summed E-state index contributed by atoms with van der Waals surface area (Å²) in [6.07, 6.45) is 0. The quantitative estimate of drug-likeness (QED) is 0.440. The van der Waals surface area contributed by atoms with Gasteiger partial charge in [-0.2, -0.15) is 10.2 Å². The number of anilines is 1. The van der Waals surface area contributed by atoms with Crippen molar-refractivity contribution < 1.29 is 0 Å². The number of nitrogens with one attached hydrogen (secondary N) is 1. The van der Waals surface area contributed by atoms with Crippen LogP contribution in [-0.2, 0) is 10.8 Å². The number of aromatic nitrogens is 4. The minimum absolute atomic E-state index is 0.280. The maximum Gasteiger partial charge on any atom is 0.255 e. The second kappa shape index (κ2) is 7.17. The Morgan fingerprint density at radius 1 is 1.00 bits per heavy atom. The Balaban J connectivity index is 2.12. The van der Waals surface area contributed by atoms with Crippen LogP contribution in [0.5, 0.6) is 0 Å². The van der Waals surface area contributed by atoms with Gasteiger partial charge in [0.15, 0.2) is 17.3 Å². The minimum atomic E-state index is -0.296. The van der Waals surface area contributed by atoms with Crippen LogP contribution in [0.25, 0.3) is 10.5 Å². The molecule has 150 valence electrons. The van der Waals surface area contributed by atoms with Crippen molar-refractivity contribution in [2.24, 2.45) is 10.2 Å². The molecule has 0 atom stereocenters. The summed E-state index contributed by atoms with van der Waals surface area (Å²) in [6, 6.07) is 9.64. The van der Waals surface area contributed by atoms with Crippen molar-refractivity contribution in [1.82, 2.24) is 20.0 Å². The monoisotopic (exact) mass is 390 g/mol. The van der Waals surface area contributed by atoms with Gasteiger partial charge in [0.25, 0.3) is 5.69 Å². The Morgan fingerprint density at radius 3 is 2.17 bits per heavy atom. The highest BCUT2D eigenvalue weighted by molar-refractivity contribution is 5.68. The van der Waals surface area contributed by atoms with E-state index in [1.807, 2.05) is 71.9 Å². The molecule has 8 heteroatoms. The van der Waals surface area contributed by atoms with E-state index in [2.05, 4.69) is 25.3 Å². The van der Waals surface area contributed by atoms with Crippen LogP contribution < -0.4 is 5.73 Å². The number of hydrogen-bond acceptors (Lipinski definition) is 5. The SMILES string of the molecule is [C-]#[N+]c1c(C(C)(C)C)n[nH]c1/N=N/c1c(C(C)(C)C)nn(-c2ccccc2)c1N. The molecule has 2 heterocycles. The van der Waals surface area contributed by atoms with Gasteiger partial charge in [-0.25, -0.2) is 9.53 Å². The average molecular weight is 390 g/mol. The van der Waals surface area contributed by atoms with Crippen molar-refractivity contribution in [1.29, 1.82) is 0 Å². The molecular weight excluding hydrogens is 364 g/mol. The first-order valence-electron chi connectivity index (χ1n) is 9.36. The number of nitrogens with two attached hydrogens (primary N) is 1. The second-order valence-electron chi connectivity index (χ2n) is 8.91. The highest BCUT2D eigenvalue weighted by atomic mass is 15.4. The van der Waals surface area contributed by atoms with E-state index in [0.717, 1.165) is 11.4 Å². The van der Waals surface area contributed by atoms with Crippen LogP contribution in [0.1, 0.15) is 52.9 Å². The van der Waals surface area contributed by atoms with Crippen LogP contribution >= 0.6 is 0 Å². The van der Waals surface area contributed by atoms with Gasteiger partial charge >= 0.3 is 0 Å². The molecule has 0 bridgehead atoms. The fourth-order valence-corrected chi connectivity index (χ4v) is 2.92. The lowest BCUT2D eigenvalue weighted by atomic mass is 9.91. The van der Waals surface area contributed by atoms with E-state index in [1.165, 1.54) is 0 Å². The summed E-state index contributed by atoms with van der Waals surface area (Å²) >= 11 is 0. The molecule has 1 aromatic carbocycles. The predicted molar refractivity (Wildman–Crippen MR) is 114 cm³/mol. The van der Waals surface area contributed by atoms with E-state index in [4.69, 9.17) is 17.4 Å². The van der Waals surface area contributed by atoms with E-state index in [0.29, 0.717) is 28.7 Å². The largest absolute Gasteiger partial charge is 0.382 e. The lowest BCUT2D eigenvalue weighted by molar-refractivity contribution is 0.561. The Morgan fingerprint density at radius 2 is 1.62 bits per heavy atom. The predicted octanol–water partition coefficient (Wildman–Crippen LogP) is 5.74. The molecule has 3 rings (SSSR count). The average Bonchev–Trinajstić information content (AvgIpc) is 3.21. The Kier molecular flexibility index (Phi) is 5.01. The molecule has 2 aromatic heterocycles. The smallest absolute Gasteiger partial charge is 0.255 e. The number of nitrogen functional groups attached to an aromatic ring is 1. The zero-order valence-corrected chi connectivity index (χ0v) is 17.6. The molecule has 0 unspecified atom stereocenters. The normalized spacial score (nSPS) is 12.4. The second-order valence-corrected chi connectivity index (χ2v) is 8.91. The van der Waals surface area contributed by atoms with E-state index < -0.39 is 0 Å². The van der Waals surface area contributed by atoms with Crippen molar-refractivity contribution in [3.05, 3.63) is 53.1 Å². The van der Waals surface area contributed by atoms with Crippen LogP contribution in [0.2, 0.25) is 0 Å². The van der Waals surface area contributed by atoms with Crippen LogP contribution in [0.3, 0.4) is 0 Å². The fraction of sp³-hybridized carbons (Fsp3) is 0.381. The van der Waals surface area contributed by atoms with E-state index >= 15 is 0 Å². The van der Waals surface area contributed by atoms with Crippen molar-refractivity contribution in [3.63, 3.8) is 0 Å². The molecule has 0 aliphatic heterocycles. The molecule has 29 heavy (non-hydrogen) atoms. The standard InChI is InChI=1S/C21H26N8/c1-20(2,3)16-15(23-7)19(27-25-16)26-24-14-17(21(4,5)6)28-29(18(14)22)13-11-9-8-10-12-13/h8-12H,22H2,1-6H3,(H,25,27)/b26-24+. The number of para-hydroxylation sites is 1. The molecular formula is C21H26N8. The molecule has 0 saturated carbocycles. The van der Waals surface area contributed by atoms with Crippen molar-refractivity contribution in [3.8, 4) is 5.69 Å². The molecule has 0 aliphatic carbocycles. The summed E-state index contributed by atoms with van der Waals surface area (Å²) in [5, 5.41) is 20.5. The zero-order valence-electron chi connectivity index (χ0n) is 17.6. The van der Waals surface area contributed by atoms with Gasteiger partial charge in [-0.1, -0.05) is 59.7 Å². The Bertz CT molecular complexity index is 1080. The summed E-state index contributed by atoms with van der Waals surface area (Å²) in [5.74, 6) is 0.710. The van der Waals surface area contributed by atoms with Crippen molar-refractivity contribution >= 4 is 23.0 Å². The van der Waals surface area contributed by atoms with Gasteiger partial charge in [0.2, 0.25) is 0 Å². The number of azo groups is 1. The summed E-state index contributed by atoms with van der Waals surface area (Å²) in [5.41, 5.74) is 8.91. The van der Waals surface area contributed by atoms with E-state index in [-0.39, 0.29) is 10.8 Å². The third-order valence-electron chi connectivity index (χ3n) is 4.40. The maximum atomic E-state index is 7.53. The fourth-order valence-electron chi connectivity index (χ4n) is 2.92. The third kappa shape index (κ3) is 3.90. The summed E-state index contributed by atoms with van der Waals surface area (Å²) in [7, 11) is 0. The third-order valence-corrected chi connectivity index (χ3v) is 4.40. The maximum absolute atomic E-state index is 7.53. The highest BCUT2D eigenvalue weighted by Crippen LogP contribution is 2.40. The first-order valence-corrected chi connectivity index (χ1v) is 9.36. The van der Waals surface area contributed by atoms with Gasteiger partial charge in [0, 0.05) is 5.41 Å². The van der Waals surface area contributed by atoms with Gasteiger partial charge < -0.3 is 5.73 Å². The number of H-pyrrole nitrogens is 1. The molecule has 0 radical (unpaired) electrons. The highest BCUT2D eigenvalue weighted by Gasteiger charge is 2.28. The van der Waals surface area contributed by atoms with Gasteiger partial charge in [-0.3, -0.25) is 5.10 Å². The first-order chi connectivity index (χ1) is 13.5. The molecule has 3 N–H and O–H groups in total. The van der Waals surface area contributed by atoms with Gasteiger partial charge in [-0.05, 0) is 17.5 Å². The Labute approximate surface area is 170 Å². The minimum Gasteiger partial charge on any atom is -0.382 e. The zero-order chi connectivity index (χ0) is 21.4. The van der Waals surface area contributed by atoms with Gasteiger partial charge in [0.1, 0.15) is 0 Å². The van der Waals surface area contributed by atoms with E-state index in [1.54, 1.807) is 4.68 Å². The lowest BCUT2D eigenvalue weighted by Crippen LogP contribution is -2.13. The first kappa shape index (κ1) is 20.3. The lowest BCUT2D eigenvalue weighted by Gasteiger charge is -2.15. The van der Waals surface area contributed by atoms with Crippen LogP contribution in [0.15, 0.2) is 40.6 Å². The summed E-state index contributed by atoms with van der Waals surface area (Å²) in [4.78, 5) is 3.61. The number of aromatic amines is 1. The molecule has 8 nitrogen and oxygen atoms in total. The number of benzene rings is 1. The number of hydrogen-bond donors (Lipinski definition) is 2. The number of rotatable bonds is 3. The van der Waals surface area contributed by atoms with Crippen LogP contribution in [-0.4, -0.2) is 20.0 Å². The molecule has 3 aromatic rings. The van der Waals surface area contributed by atoms with E-state index in [9.17, 15) is 0 Å². The molecule has 0 amide bonds.